The molecule has 1 saturated carbocycles. The van der Waals surface area contributed by atoms with Gasteiger partial charge in [0.25, 0.3) is 0 Å². The second-order valence-electron chi connectivity index (χ2n) is 5.87. The summed E-state index contributed by atoms with van der Waals surface area (Å²) in [7, 11) is 0. The third-order valence-corrected chi connectivity index (χ3v) is 4.51. The van der Waals surface area contributed by atoms with Crippen molar-refractivity contribution in [3.05, 3.63) is 11.4 Å². The standard InChI is InChI=1S/C15H26N4O/c1-4-12-7-5-6-8-13(12)17-14(20)9-19-11(3)15(16)10(2)18-19/h12-13H,4-9,16H2,1-3H3,(H,17,20). The largest absolute Gasteiger partial charge is 0.396 e. The zero-order valence-corrected chi connectivity index (χ0v) is 12.8. The molecule has 0 radical (unpaired) electrons. The van der Waals surface area contributed by atoms with Gasteiger partial charge in [-0.1, -0.05) is 26.2 Å². The van der Waals surface area contributed by atoms with Gasteiger partial charge in [-0.2, -0.15) is 5.10 Å². The molecule has 5 nitrogen and oxygen atoms in total. The number of rotatable bonds is 4. The average Bonchev–Trinajstić information content (AvgIpc) is 2.67. The first-order valence-electron chi connectivity index (χ1n) is 7.61. The van der Waals surface area contributed by atoms with Crippen molar-refractivity contribution in [2.45, 2.75) is 65.5 Å². The van der Waals surface area contributed by atoms with E-state index in [4.69, 9.17) is 5.73 Å². The fraction of sp³-hybridized carbons (Fsp3) is 0.733. The Morgan fingerprint density at radius 1 is 1.40 bits per heavy atom. The number of anilines is 1. The van der Waals surface area contributed by atoms with Crippen LogP contribution in [0.1, 0.15) is 50.4 Å². The summed E-state index contributed by atoms with van der Waals surface area (Å²) in [5.41, 5.74) is 8.23. The molecule has 2 atom stereocenters. The Hall–Kier alpha value is -1.52. The van der Waals surface area contributed by atoms with Gasteiger partial charge in [-0.25, -0.2) is 0 Å². The van der Waals surface area contributed by atoms with Crippen LogP contribution in [0.3, 0.4) is 0 Å². The van der Waals surface area contributed by atoms with Crippen molar-refractivity contribution in [3.8, 4) is 0 Å². The molecule has 112 valence electrons. The van der Waals surface area contributed by atoms with Crippen molar-refractivity contribution < 1.29 is 4.79 Å². The van der Waals surface area contributed by atoms with E-state index < -0.39 is 0 Å². The summed E-state index contributed by atoms with van der Waals surface area (Å²) >= 11 is 0. The van der Waals surface area contributed by atoms with E-state index in [0.29, 0.717) is 17.6 Å². The lowest BCUT2D eigenvalue weighted by Gasteiger charge is -2.31. The van der Waals surface area contributed by atoms with E-state index in [1.54, 1.807) is 4.68 Å². The third-order valence-electron chi connectivity index (χ3n) is 4.51. The molecule has 0 bridgehead atoms. The number of nitrogens with zero attached hydrogens (tertiary/aromatic N) is 2. The summed E-state index contributed by atoms with van der Waals surface area (Å²) in [4.78, 5) is 12.2. The number of aryl methyl sites for hydroxylation is 1. The number of nitrogen functional groups attached to an aromatic ring is 1. The summed E-state index contributed by atoms with van der Waals surface area (Å²) in [6, 6.07) is 0.329. The molecule has 1 aromatic heterocycles. The Morgan fingerprint density at radius 3 is 2.70 bits per heavy atom. The Balaban J connectivity index is 1.96. The second-order valence-corrected chi connectivity index (χ2v) is 5.87. The van der Waals surface area contributed by atoms with E-state index in [0.717, 1.165) is 24.2 Å². The van der Waals surface area contributed by atoms with Gasteiger partial charge in [0.1, 0.15) is 6.54 Å². The van der Waals surface area contributed by atoms with Crippen molar-refractivity contribution in [1.29, 1.82) is 0 Å². The van der Waals surface area contributed by atoms with Crippen LogP contribution in [-0.2, 0) is 11.3 Å². The van der Waals surface area contributed by atoms with E-state index in [1.165, 1.54) is 19.3 Å². The van der Waals surface area contributed by atoms with E-state index in [9.17, 15) is 4.79 Å². The van der Waals surface area contributed by atoms with Crippen molar-refractivity contribution in [2.75, 3.05) is 5.73 Å². The van der Waals surface area contributed by atoms with E-state index in [-0.39, 0.29) is 12.5 Å². The van der Waals surface area contributed by atoms with Gasteiger partial charge in [0.2, 0.25) is 5.91 Å². The fourth-order valence-electron chi connectivity index (χ4n) is 3.14. The maximum atomic E-state index is 12.2. The zero-order chi connectivity index (χ0) is 14.7. The first-order valence-corrected chi connectivity index (χ1v) is 7.61. The summed E-state index contributed by atoms with van der Waals surface area (Å²) in [5, 5.41) is 7.50. The number of amides is 1. The van der Waals surface area contributed by atoms with Gasteiger partial charge in [-0.05, 0) is 32.6 Å². The highest BCUT2D eigenvalue weighted by Crippen LogP contribution is 2.26. The maximum Gasteiger partial charge on any atom is 0.241 e. The smallest absolute Gasteiger partial charge is 0.241 e. The highest BCUT2D eigenvalue weighted by Gasteiger charge is 2.25. The van der Waals surface area contributed by atoms with E-state index in [1.807, 2.05) is 13.8 Å². The molecule has 1 aromatic rings. The van der Waals surface area contributed by atoms with Gasteiger partial charge in [0, 0.05) is 6.04 Å². The Labute approximate surface area is 120 Å². The fourth-order valence-corrected chi connectivity index (χ4v) is 3.14. The molecule has 0 aliphatic heterocycles. The Morgan fingerprint density at radius 2 is 2.10 bits per heavy atom. The SMILES string of the molecule is CCC1CCCCC1NC(=O)Cn1nc(C)c(N)c1C. The van der Waals surface area contributed by atoms with Gasteiger partial charge < -0.3 is 11.1 Å². The Kier molecular flexibility index (Phi) is 4.68. The number of carbonyl (C=O) groups excluding carboxylic acids is 1. The quantitative estimate of drug-likeness (QED) is 0.886. The molecule has 0 spiro atoms. The van der Waals surface area contributed by atoms with E-state index >= 15 is 0 Å². The second kappa shape index (κ2) is 6.29. The molecule has 20 heavy (non-hydrogen) atoms. The van der Waals surface area contributed by atoms with Crippen LogP contribution in [0.15, 0.2) is 0 Å². The van der Waals surface area contributed by atoms with Crippen LogP contribution >= 0.6 is 0 Å². The van der Waals surface area contributed by atoms with Crippen LogP contribution in [0.25, 0.3) is 0 Å². The minimum atomic E-state index is 0.0425. The molecular formula is C15H26N4O. The molecule has 1 aliphatic carbocycles. The molecule has 1 amide bonds. The number of carbonyl (C=O) groups is 1. The lowest BCUT2D eigenvalue weighted by molar-refractivity contribution is -0.123. The maximum absolute atomic E-state index is 12.2. The third kappa shape index (κ3) is 3.14. The molecule has 1 fully saturated rings. The first-order chi connectivity index (χ1) is 9.52. The predicted octanol–water partition coefficient (Wildman–Crippen LogP) is 2.17. The predicted molar refractivity (Wildman–Crippen MR) is 80.3 cm³/mol. The topological polar surface area (TPSA) is 72.9 Å². The lowest BCUT2D eigenvalue weighted by atomic mass is 9.83. The van der Waals surface area contributed by atoms with Crippen LogP contribution in [0.2, 0.25) is 0 Å². The monoisotopic (exact) mass is 278 g/mol. The Bertz CT molecular complexity index is 480. The highest BCUT2D eigenvalue weighted by atomic mass is 16.2. The minimum Gasteiger partial charge on any atom is -0.396 e. The highest BCUT2D eigenvalue weighted by molar-refractivity contribution is 5.76. The summed E-state index contributed by atoms with van der Waals surface area (Å²) in [6.45, 7) is 6.23. The van der Waals surface area contributed by atoms with Gasteiger partial charge >= 0.3 is 0 Å². The minimum absolute atomic E-state index is 0.0425. The van der Waals surface area contributed by atoms with Crippen LogP contribution in [-0.4, -0.2) is 21.7 Å². The van der Waals surface area contributed by atoms with Crippen LogP contribution in [0.5, 0.6) is 0 Å². The number of aromatic nitrogens is 2. The molecular weight excluding hydrogens is 252 g/mol. The molecule has 1 heterocycles. The lowest BCUT2D eigenvalue weighted by Crippen LogP contribution is -2.43. The molecule has 0 aromatic carbocycles. The molecule has 5 heteroatoms. The average molecular weight is 278 g/mol. The van der Waals surface area contributed by atoms with Gasteiger partial charge in [0.05, 0.1) is 17.1 Å². The number of hydrogen-bond donors (Lipinski definition) is 2. The van der Waals surface area contributed by atoms with Crippen molar-refractivity contribution in [1.82, 2.24) is 15.1 Å². The molecule has 2 unspecified atom stereocenters. The van der Waals surface area contributed by atoms with Gasteiger partial charge in [-0.15, -0.1) is 0 Å². The number of nitrogens with one attached hydrogen (secondary N) is 1. The molecule has 2 rings (SSSR count). The van der Waals surface area contributed by atoms with Crippen LogP contribution in [0, 0.1) is 19.8 Å². The number of nitrogens with two attached hydrogens (primary N) is 1. The van der Waals surface area contributed by atoms with Gasteiger partial charge in [-0.3, -0.25) is 9.48 Å². The van der Waals surface area contributed by atoms with Gasteiger partial charge in [0.15, 0.2) is 0 Å². The summed E-state index contributed by atoms with van der Waals surface area (Å²) < 4.78 is 1.70. The van der Waals surface area contributed by atoms with Crippen LogP contribution < -0.4 is 11.1 Å². The van der Waals surface area contributed by atoms with Crippen molar-refractivity contribution >= 4 is 11.6 Å². The molecule has 1 aliphatic rings. The van der Waals surface area contributed by atoms with Crippen molar-refractivity contribution in [3.63, 3.8) is 0 Å². The van der Waals surface area contributed by atoms with E-state index in [2.05, 4.69) is 17.3 Å². The summed E-state index contributed by atoms with van der Waals surface area (Å²) in [6.07, 6.45) is 5.97. The summed E-state index contributed by atoms with van der Waals surface area (Å²) in [5.74, 6) is 0.666. The van der Waals surface area contributed by atoms with Crippen molar-refractivity contribution in [2.24, 2.45) is 5.92 Å². The van der Waals surface area contributed by atoms with Crippen LogP contribution in [0.4, 0.5) is 5.69 Å². The molecule has 3 N–H and O–H groups in total. The normalized spacial score (nSPS) is 22.8. The molecule has 0 saturated heterocycles. The first kappa shape index (κ1) is 14.9. The zero-order valence-electron chi connectivity index (χ0n) is 12.8. The number of hydrogen-bond acceptors (Lipinski definition) is 3.